The highest BCUT2D eigenvalue weighted by Crippen LogP contribution is 2.53. The van der Waals surface area contributed by atoms with Crippen LogP contribution in [0.25, 0.3) is 27.5 Å². The molecule has 0 saturated heterocycles. The van der Waals surface area contributed by atoms with Gasteiger partial charge in [-0.15, -0.1) is 0 Å². The predicted molar refractivity (Wildman–Crippen MR) is 176 cm³/mol. The first-order chi connectivity index (χ1) is 21.5. The first kappa shape index (κ1) is 28.0. The van der Waals surface area contributed by atoms with E-state index in [0.717, 1.165) is 52.0 Å². The molecule has 7 heteroatoms. The zero-order chi connectivity index (χ0) is 30.4. The van der Waals surface area contributed by atoms with Crippen molar-refractivity contribution in [3.05, 3.63) is 131 Å². The number of carbonyl (C=O) groups is 1. The minimum absolute atomic E-state index is 0.429. The molecule has 0 radical (unpaired) electrons. The molecule has 4 heterocycles. The molecule has 0 saturated carbocycles. The van der Waals surface area contributed by atoms with Crippen LogP contribution in [0.3, 0.4) is 0 Å². The Balaban J connectivity index is 1.63. The van der Waals surface area contributed by atoms with E-state index in [1.54, 1.807) is 0 Å². The van der Waals surface area contributed by atoms with Crippen LogP contribution < -0.4 is 9.64 Å². The van der Waals surface area contributed by atoms with Gasteiger partial charge in [-0.25, -0.2) is 9.78 Å². The van der Waals surface area contributed by atoms with E-state index in [4.69, 9.17) is 26.1 Å². The highest BCUT2D eigenvalue weighted by molar-refractivity contribution is 6.30. The van der Waals surface area contributed by atoms with Gasteiger partial charge in [0, 0.05) is 52.5 Å². The van der Waals surface area contributed by atoms with Gasteiger partial charge in [-0.05, 0) is 80.9 Å². The molecule has 3 aromatic heterocycles. The van der Waals surface area contributed by atoms with Crippen LogP contribution in [-0.4, -0.2) is 35.1 Å². The van der Waals surface area contributed by atoms with Crippen LogP contribution in [0.5, 0.6) is 5.75 Å². The van der Waals surface area contributed by atoms with Crippen molar-refractivity contribution in [1.29, 1.82) is 0 Å². The third-order valence-electron chi connectivity index (χ3n) is 8.46. The van der Waals surface area contributed by atoms with Gasteiger partial charge in [-0.1, -0.05) is 48.0 Å². The molecule has 0 aliphatic carbocycles. The summed E-state index contributed by atoms with van der Waals surface area (Å²) in [7, 11) is 0. The number of fused-ring (bicyclic) bond motifs is 3. The molecule has 0 spiro atoms. The molecule has 1 unspecified atom stereocenters. The van der Waals surface area contributed by atoms with E-state index in [-0.39, 0.29) is 0 Å². The Kier molecular flexibility index (Phi) is 7.02. The van der Waals surface area contributed by atoms with Crippen LogP contribution in [0.15, 0.2) is 103 Å². The molecule has 6 aromatic rings. The third kappa shape index (κ3) is 4.32. The van der Waals surface area contributed by atoms with Crippen molar-refractivity contribution in [2.75, 3.05) is 24.6 Å². The van der Waals surface area contributed by atoms with E-state index in [2.05, 4.69) is 47.4 Å². The summed E-state index contributed by atoms with van der Waals surface area (Å²) in [6.07, 6.45) is 2.00. The number of ether oxygens (including phenoxy) is 2. The van der Waals surface area contributed by atoms with Crippen LogP contribution in [0.1, 0.15) is 48.1 Å². The molecule has 0 N–H and O–H groups in total. The zero-order valence-corrected chi connectivity index (χ0v) is 25.6. The van der Waals surface area contributed by atoms with Gasteiger partial charge in [0.25, 0.3) is 0 Å². The lowest BCUT2D eigenvalue weighted by molar-refractivity contribution is 0.0222. The standard InChI is InChI=1S/C37H32ClN3O3/c1-4-40(5-2)27-18-19-31(33(23-27)43-6-3)37(34-30(36(42)44-37)21-25-11-7-8-13-32(25)39-34)35-29(24-14-16-26(38)17-15-24)22-28-12-9-10-20-41(28)35/h7-23H,4-6H2,1-3H3. The Bertz CT molecular complexity index is 2030. The molecule has 1 aliphatic heterocycles. The minimum atomic E-state index is -1.43. The number of pyridine rings is 2. The number of nitrogens with zero attached hydrogens (tertiary/aromatic N) is 3. The number of anilines is 1. The average Bonchev–Trinajstić information content (AvgIpc) is 3.57. The van der Waals surface area contributed by atoms with Crippen LogP contribution in [0.2, 0.25) is 5.02 Å². The number of esters is 1. The first-order valence-electron chi connectivity index (χ1n) is 15.0. The number of carbonyl (C=O) groups excluding carboxylic acids is 1. The van der Waals surface area contributed by atoms with Gasteiger partial charge >= 0.3 is 5.97 Å². The van der Waals surface area contributed by atoms with E-state index in [1.807, 2.05) is 85.9 Å². The van der Waals surface area contributed by atoms with E-state index in [0.29, 0.717) is 34.2 Å². The lowest BCUT2D eigenvalue weighted by atomic mass is 9.82. The quantitative estimate of drug-likeness (QED) is 0.164. The summed E-state index contributed by atoms with van der Waals surface area (Å²) in [6.45, 7) is 8.37. The van der Waals surface area contributed by atoms with Gasteiger partial charge < -0.3 is 18.8 Å². The number of hydrogen-bond acceptors (Lipinski definition) is 5. The molecule has 6 nitrogen and oxygen atoms in total. The second-order valence-corrected chi connectivity index (χ2v) is 11.3. The Morgan fingerprint density at radius 1 is 0.886 bits per heavy atom. The maximum Gasteiger partial charge on any atom is 0.341 e. The van der Waals surface area contributed by atoms with Crippen molar-refractivity contribution in [1.82, 2.24) is 9.38 Å². The second-order valence-electron chi connectivity index (χ2n) is 10.8. The molecule has 0 bridgehead atoms. The average molecular weight is 602 g/mol. The van der Waals surface area contributed by atoms with Crippen molar-refractivity contribution in [3.63, 3.8) is 0 Å². The largest absolute Gasteiger partial charge is 0.493 e. The molecule has 220 valence electrons. The van der Waals surface area contributed by atoms with Crippen molar-refractivity contribution in [2.45, 2.75) is 26.4 Å². The topological polar surface area (TPSA) is 56.1 Å². The van der Waals surface area contributed by atoms with Crippen LogP contribution >= 0.6 is 11.6 Å². The maximum absolute atomic E-state index is 14.0. The number of para-hydroxylation sites is 1. The number of cyclic esters (lactones) is 1. The van der Waals surface area contributed by atoms with Crippen molar-refractivity contribution in [2.24, 2.45) is 0 Å². The molecule has 44 heavy (non-hydrogen) atoms. The van der Waals surface area contributed by atoms with E-state index in [1.165, 1.54) is 0 Å². The molecule has 1 aliphatic rings. The number of rotatable bonds is 8. The molecular formula is C37H32ClN3O3. The lowest BCUT2D eigenvalue weighted by Gasteiger charge is -2.32. The number of benzene rings is 3. The summed E-state index contributed by atoms with van der Waals surface area (Å²) in [5.74, 6) is 0.210. The van der Waals surface area contributed by atoms with Gasteiger partial charge in [-0.3, -0.25) is 0 Å². The minimum Gasteiger partial charge on any atom is -0.493 e. The normalized spacial score (nSPS) is 15.9. The molecule has 7 rings (SSSR count). The second kappa shape index (κ2) is 11.0. The summed E-state index contributed by atoms with van der Waals surface area (Å²) in [4.78, 5) is 21.5. The third-order valence-corrected chi connectivity index (χ3v) is 8.72. The highest BCUT2D eigenvalue weighted by atomic mass is 35.5. The Morgan fingerprint density at radius 3 is 2.43 bits per heavy atom. The van der Waals surface area contributed by atoms with Gasteiger partial charge in [0.15, 0.2) is 0 Å². The van der Waals surface area contributed by atoms with Crippen molar-refractivity contribution < 1.29 is 14.3 Å². The van der Waals surface area contributed by atoms with Crippen LogP contribution in [0, 0.1) is 0 Å². The summed E-state index contributed by atoms with van der Waals surface area (Å²) in [5.41, 5.74) is 5.64. The summed E-state index contributed by atoms with van der Waals surface area (Å²) < 4.78 is 15.2. The Labute approximate surface area is 261 Å². The van der Waals surface area contributed by atoms with E-state index < -0.39 is 11.6 Å². The Morgan fingerprint density at radius 2 is 1.66 bits per heavy atom. The smallest absolute Gasteiger partial charge is 0.341 e. The maximum atomic E-state index is 14.0. The van der Waals surface area contributed by atoms with Crippen LogP contribution in [-0.2, 0) is 10.3 Å². The zero-order valence-electron chi connectivity index (χ0n) is 24.9. The van der Waals surface area contributed by atoms with Gasteiger partial charge in [0.1, 0.15) is 11.4 Å². The fourth-order valence-electron chi connectivity index (χ4n) is 6.45. The number of aromatic nitrogens is 2. The summed E-state index contributed by atoms with van der Waals surface area (Å²) >= 11 is 6.32. The molecule has 1 atom stereocenters. The number of hydrogen-bond donors (Lipinski definition) is 0. The lowest BCUT2D eigenvalue weighted by Crippen LogP contribution is -2.33. The van der Waals surface area contributed by atoms with Gasteiger partial charge in [-0.2, -0.15) is 0 Å². The summed E-state index contributed by atoms with van der Waals surface area (Å²) in [5, 5.41) is 1.52. The molecular weight excluding hydrogens is 570 g/mol. The first-order valence-corrected chi connectivity index (χ1v) is 15.4. The molecule has 0 fully saturated rings. The fraction of sp³-hybridized carbons (Fsp3) is 0.189. The Hall–Kier alpha value is -4.81. The predicted octanol–water partition coefficient (Wildman–Crippen LogP) is 8.52. The van der Waals surface area contributed by atoms with E-state index in [9.17, 15) is 4.79 Å². The van der Waals surface area contributed by atoms with Gasteiger partial charge in [0.05, 0.1) is 28.9 Å². The van der Waals surface area contributed by atoms with Crippen LogP contribution in [0.4, 0.5) is 5.69 Å². The summed E-state index contributed by atoms with van der Waals surface area (Å²) in [6, 6.07) is 31.8. The SMILES string of the molecule is CCOc1cc(N(CC)CC)ccc1C1(c2c(-c3ccc(Cl)cc3)cc3ccccn23)OC(=O)c2cc3ccccc3nc21. The van der Waals surface area contributed by atoms with Crippen molar-refractivity contribution >= 4 is 39.7 Å². The molecule has 3 aromatic carbocycles. The molecule has 0 amide bonds. The highest BCUT2D eigenvalue weighted by Gasteiger charge is 2.54. The van der Waals surface area contributed by atoms with E-state index >= 15 is 0 Å². The van der Waals surface area contributed by atoms with Gasteiger partial charge in [0.2, 0.25) is 5.60 Å². The fourth-order valence-corrected chi connectivity index (χ4v) is 6.57. The van der Waals surface area contributed by atoms with Crippen molar-refractivity contribution in [3.8, 4) is 16.9 Å². The number of halogens is 1. The monoisotopic (exact) mass is 601 g/mol.